The SMILES string of the molecule is CCOC(=O)C1=C(C)OC(N)=C(C#N)[C@H]1c1cc(Cn2cnc3ccccc32)cs1. The van der Waals surface area contributed by atoms with Crippen LogP contribution in [0.2, 0.25) is 0 Å². The number of hydrogen-bond acceptors (Lipinski definition) is 7. The molecule has 4 rings (SSSR count). The van der Waals surface area contributed by atoms with Crippen LogP contribution in [0.25, 0.3) is 11.0 Å². The Morgan fingerprint density at radius 2 is 2.23 bits per heavy atom. The summed E-state index contributed by atoms with van der Waals surface area (Å²) in [5, 5.41) is 11.7. The highest BCUT2D eigenvalue weighted by Gasteiger charge is 2.37. The van der Waals surface area contributed by atoms with Crippen molar-refractivity contribution in [2.45, 2.75) is 26.3 Å². The van der Waals surface area contributed by atoms with E-state index in [1.165, 1.54) is 11.3 Å². The van der Waals surface area contributed by atoms with E-state index >= 15 is 0 Å². The highest BCUT2D eigenvalue weighted by atomic mass is 32.1. The number of rotatable bonds is 5. The number of ether oxygens (including phenoxy) is 2. The lowest BCUT2D eigenvalue weighted by atomic mass is 9.87. The average molecular weight is 420 g/mol. The second kappa shape index (κ2) is 8.05. The Hall–Kier alpha value is -3.57. The summed E-state index contributed by atoms with van der Waals surface area (Å²) in [7, 11) is 0. The molecule has 3 heterocycles. The minimum atomic E-state index is -0.610. The molecular formula is C22H20N4O3S. The standard InChI is InChI=1S/C22H20N4O3S/c1-3-28-22(27)19-13(2)29-21(24)15(9-23)20(19)18-8-14(11-30-18)10-26-12-25-16-6-4-5-7-17(16)26/h4-8,11-12,20H,3,10,24H2,1-2H3/t20-/m0/s1. The first-order valence-electron chi connectivity index (χ1n) is 9.46. The Bertz CT molecular complexity index is 1230. The van der Waals surface area contributed by atoms with Crippen LogP contribution in [0.15, 0.2) is 64.8 Å². The van der Waals surface area contributed by atoms with Crippen LogP contribution in [0.1, 0.15) is 30.2 Å². The van der Waals surface area contributed by atoms with Gasteiger partial charge in [-0.2, -0.15) is 5.26 Å². The fourth-order valence-electron chi connectivity index (χ4n) is 3.60. The van der Waals surface area contributed by atoms with E-state index in [4.69, 9.17) is 15.2 Å². The van der Waals surface area contributed by atoms with Gasteiger partial charge in [-0.25, -0.2) is 9.78 Å². The van der Waals surface area contributed by atoms with Gasteiger partial charge in [-0.15, -0.1) is 11.3 Å². The lowest BCUT2D eigenvalue weighted by molar-refractivity contribution is -0.139. The maximum absolute atomic E-state index is 12.6. The van der Waals surface area contributed by atoms with Crippen LogP contribution < -0.4 is 5.73 Å². The predicted molar refractivity (Wildman–Crippen MR) is 113 cm³/mol. The van der Waals surface area contributed by atoms with Gasteiger partial charge >= 0.3 is 5.97 Å². The van der Waals surface area contributed by atoms with Crippen LogP contribution in [-0.4, -0.2) is 22.1 Å². The molecule has 0 fully saturated rings. The van der Waals surface area contributed by atoms with Gasteiger partial charge < -0.3 is 19.8 Å². The van der Waals surface area contributed by atoms with Gasteiger partial charge in [0.05, 0.1) is 35.5 Å². The van der Waals surface area contributed by atoms with Gasteiger partial charge in [-0.1, -0.05) is 12.1 Å². The van der Waals surface area contributed by atoms with E-state index in [0.29, 0.717) is 17.9 Å². The molecule has 1 aromatic carbocycles. The topological polar surface area (TPSA) is 103 Å². The number of para-hydroxylation sites is 2. The number of carbonyl (C=O) groups excluding carboxylic acids is 1. The molecule has 3 aromatic rings. The number of benzene rings is 1. The van der Waals surface area contributed by atoms with Crippen molar-refractivity contribution in [2.24, 2.45) is 5.73 Å². The lowest BCUT2D eigenvalue weighted by Gasteiger charge is -2.25. The summed E-state index contributed by atoms with van der Waals surface area (Å²) in [6.07, 6.45) is 1.81. The molecular weight excluding hydrogens is 400 g/mol. The second-order valence-electron chi connectivity index (χ2n) is 6.83. The molecule has 7 nitrogen and oxygen atoms in total. The van der Waals surface area contributed by atoms with E-state index in [9.17, 15) is 10.1 Å². The predicted octanol–water partition coefficient (Wildman–Crippen LogP) is 3.79. The van der Waals surface area contributed by atoms with E-state index in [1.54, 1.807) is 13.8 Å². The maximum atomic E-state index is 12.6. The molecule has 0 unspecified atom stereocenters. The zero-order chi connectivity index (χ0) is 21.3. The molecule has 1 atom stereocenters. The summed E-state index contributed by atoms with van der Waals surface area (Å²) in [5.41, 5.74) is 9.50. The normalized spacial score (nSPS) is 16.5. The minimum Gasteiger partial charge on any atom is -0.463 e. The van der Waals surface area contributed by atoms with Gasteiger partial charge in [0.1, 0.15) is 17.4 Å². The molecule has 2 aromatic heterocycles. The van der Waals surface area contributed by atoms with Gasteiger partial charge in [-0.05, 0) is 43.0 Å². The van der Waals surface area contributed by atoms with Crippen molar-refractivity contribution in [3.8, 4) is 6.07 Å². The number of fused-ring (bicyclic) bond motifs is 1. The summed E-state index contributed by atoms with van der Waals surface area (Å²) in [5.74, 6) is -0.744. The molecule has 0 bridgehead atoms. The highest BCUT2D eigenvalue weighted by molar-refractivity contribution is 7.10. The molecule has 152 valence electrons. The van der Waals surface area contributed by atoms with Crippen LogP contribution >= 0.6 is 11.3 Å². The van der Waals surface area contributed by atoms with Crippen molar-refractivity contribution >= 4 is 28.3 Å². The Balaban J connectivity index is 1.71. The Morgan fingerprint density at radius 3 is 3.00 bits per heavy atom. The molecule has 1 aliphatic rings. The number of nitrogens with zero attached hydrogens (tertiary/aromatic N) is 3. The van der Waals surface area contributed by atoms with E-state index in [0.717, 1.165) is 21.5 Å². The third kappa shape index (κ3) is 3.44. The highest BCUT2D eigenvalue weighted by Crippen LogP contribution is 2.42. The van der Waals surface area contributed by atoms with E-state index < -0.39 is 11.9 Å². The first kappa shape index (κ1) is 19.7. The largest absolute Gasteiger partial charge is 0.463 e. The molecule has 0 aliphatic carbocycles. The van der Waals surface area contributed by atoms with Gasteiger partial charge in [0.25, 0.3) is 0 Å². The minimum absolute atomic E-state index is 0.0172. The number of aromatic nitrogens is 2. The van der Waals surface area contributed by atoms with Gasteiger partial charge in [0, 0.05) is 11.4 Å². The van der Waals surface area contributed by atoms with Crippen LogP contribution in [0.3, 0.4) is 0 Å². The smallest absolute Gasteiger partial charge is 0.338 e. The van der Waals surface area contributed by atoms with Crippen molar-refractivity contribution in [2.75, 3.05) is 6.61 Å². The summed E-state index contributed by atoms with van der Waals surface area (Å²) >= 11 is 1.47. The quantitative estimate of drug-likeness (QED) is 0.630. The molecule has 2 N–H and O–H groups in total. The summed E-state index contributed by atoms with van der Waals surface area (Å²) in [6.45, 7) is 4.25. The van der Waals surface area contributed by atoms with Crippen molar-refractivity contribution in [3.63, 3.8) is 0 Å². The van der Waals surface area contributed by atoms with Crippen LogP contribution in [0.4, 0.5) is 0 Å². The van der Waals surface area contributed by atoms with Crippen molar-refractivity contribution < 1.29 is 14.3 Å². The molecule has 0 saturated heterocycles. The average Bonchev–Trinajstić information content (AvgIpc) is 3.35. The van der Waals surface area contributed by atoms with Gasteiger partial charge in [0.2, 0.25) is 5.88 Å². The Morgan fingerprint density at radius 1 is 1.43 bits per heavy atom. The van der Waals surface area contributed by atoms with Gasteiger partial charge in [-0.3, -0.25) is 0 Å². The van der Waals surface area contributed by atoms with Crippen molar-refractivity contribution in [3.05, 3.63) is 75.3 Å². The zero-order valence-electron chi connectivity index (χ0n) is 16.6. The third-order valence-corrected chi connectivity index (χ3v) is 5.99. The molecule has 0 radical (unpaired) electrons. The van der Waals surface area contributed by atoms with Crippen molar-refractivity contribution in [1.82, 2.24) is 9.55 Å². The Labute approximate surface area is 177 Å². The summed E-state index contributed by atoms with van der Waals surface area (Å²) in [6, 6.07) is 12.0. The summed E-state index contributed by atoms with van der Waals surface area (Å²) < 4.78 is 12.7. The van der Waals surface area contributed by atoms with E-state index in [1.807, 2.05) is 42.0 Å². The first-order chi connectivity index (χ1) is 14.5. The number of hydrogen-bond donors (Lipinski definition) is 1. The fourth-order valence-corrected chi connectivity index (χ4v) is 4.62. The number of nitriles is 1. The number of esters is 1. The van der Waals surface area contributed by atoms with E-state index in [2.05, 4.69) is 15.6 Å². The number of thiophene rings is 1. The summed E-state index contributed by atoms with van der Waals surface area (Å²) in [4.78, 5) is 17.9. The van der Waals surface area contributed by atoms with E-state index in [-0.39, 0.29) is 18.1 Å². The zero-order valence-corrected chi connectivity index (χ0v) is 17.4. The molecule has 0 amide bonds. The molecule has 0 saturated carbocycles. The second-order valence-corrected chi connectivity index (χ2v) is 7.78. The monoisotopic (exact) mass is 420 g/mol. The number of nitrogens with two attached hydrogens (primary N) is 1. The fraction of sp³-hybridized carbons (Fsp3) is 0.227. The van der Waals surface area contributed by atoms with Crippen LogP contribution in [0, 0.1) is 11.3 Å². The van der Waals surface area contributed by atoms with Crippen LogP contribution in [-0.2, 0) is 20.8 Å². The first-order valence-corrected chi connectivity index (χ1v) is 10.3. The molecule has 8 heteroatoms. The number of imidazole rings is 1. The molecule has 30 heavy (non-hydrogen) atoms. The molecule has 1 aliphatic heterocycles. The van der Waals surface area contributed by atoms with Crippen LogP contribution in [0.5, 0.6) is 0 Å². The number of carbonyl (C=O) groups is 1. The number of allylic oxidation sites excluding steroid dienone is 2. The van der Waals surface area contributed by atoms with Gasteiger partial charge in [0.15, 0.2) is 0 Å². The molecule has 0 spiro atoms. The third-order valence-electron chi connectivity index (χ3n) is 4.94. The Kier molecular flexibility index (Phi) is 5.29. The lowest BCUT2D eigenvalue weighted by Crippen LogP contribution is -2.25. The maximum Gasteiger partial charge on any atom is 0.338 e. The van der Waals surface area contributed by atoms with Crippen molar-refractivity contribution in [1.29, 1.82) is 5.26 Å².